The van der Waals surface area contributed by atoms with Crippen LogP contribution in [0.15, 0.2) is 24.3 Å². The maximum Gasteiger partial charge on any atom is 0.241 e. The van der Waals surface area contributed by atoms with Gasteiger partial charge in [0.2, 0.25) is 5.91 Å². The Morgan fingerprint density at radius 2 is 1.63 bits per heavy atom. The molecule has 0 bridgehead atoms. The number of carbonyl (C=O) groups is 1. The smallest absolute Gasteiger partial charge is 0.241 e. The van der Waals surface area contributed by atoms with Crippen molar-refractivity contribution in [3.05, 3.63) is 24.3 Å². The Labute approximate surface area is 115 Å². The molecular weight excluding hydrogens is 240 g/mol. The van der Waals surface area contributed by atoms with Gasteiger partial charge in [-0.1, -0.05) is 20.8 Å². The first-order chi connectivity index (χ1) is 9.17. The van der Waals surface area contributed by atoms with Crippen molar-refractivity contribution < 1.29 is 9.53 Å². The van der Waals surface area contributed by atoms with Gasteiger partial charge < -0.3 is 4.74 Å². The number of rotatable bonds is 7. The van der Waals surface area contributed by atoms with Crippen molar-refractivity contribution in [2.24, 2.45) is 0 Å². The molecule has 0 aliphatic rings. The van der Waals surface area contributed by atoms with Crippen LogP contribution >= 0.6 is 0 Å². The first-order valence-corrected chi connectivity index (χ1v) is 6.98. The van der Waals surface area contributed by atoms with Crippen LogP contribution < -0.4 is 9.75 Å². The number of carbonyl (C=O) groups excluding carboxylic acids is 1. The molecule has 0 N–H and O–H groups in total. The summed E-state index contributed by atoms with van der Waals surface area (Å²) in [5, 5.41) is 3.79. The fourth-order valence-corrected chi connectivity index (χ4v) is 1.97. The van der Waals surface area contributed by atoms with E-state index in [0.717, 1.165) is 24.5 Å². The zero-order valence-electron chi connectivity index (χ0n) is 12.3. The number of ether oxygens (including phenoxy) is 1. The number of anilines is 1. The van der Waals surface area contributed by atoms with Crippen molar-refractivity contribution in [3.8, 4) is 5.75 Å². The van der Waals surface area contributed by atoms with Crippen LogP contribution in [0.1, 0.15) is 34.1 Å². The van der Waals surface area contributed by atoms with Crippen LogP contribution in [0.5, 0.6) is 5.75 Å². The predicted octanol–water partition coefficient (Wildman–Crippen LogP) is 3.09. The van der Waals surface area contributed by atoms with E-state index in [9.17, 15) is 4.79 Å². The molecule has 0 atom stereocenters. The van der Waals surface area contributed by atoms with E-state index in [4.69, 9.17) is 4.74 Å². The van der Waals surface area contributed by atoms with Crippen molar-refractivity contribution in [2.45, 2.75) is 34.1 Å². The minimum absolute atomic E-state index is 0.104. The molecule has 1 aromatic carbocycles. The van der Waals surface area contributed by atoms with E-state index in [1.165, 1.54) is 0 Å². The molecule has 0 radical (unpaired) electrons. The summed E-state index contributed by atoms with van der Waals surface area (Å²) < 4.78 is 5.42. The summed E-state index contributed by atoms with van der Waals surface area (Å²) >= 11 is 0. The summed E-state index contributed by atoms with van der Waals surface area (Å²) in [5.74, 6) is 0.933. The second kappa shape index (κ2) is 7.79. The lowest BCUT2D eigenvalue weighted by atomic mass is 10.2. The normalized spacial score (nSPS) is 10.6. The van der Waals surface area contributed by atoms with E-state index in [1.807, 2.05) is 57.0 Å². The second-order valence-corrected chi connectivity index (χ2v) is 4.12. The van der Waals surface area contributed by atoms with Crippen molar-refractivity contribution in [1.29, 1.82) is 0 Å². The van der Waals surface area contributed by atoms with Gasteiger partial charge in [-0.3, -0.25) is 4.79 Å². The number of hydrogen-bond acceptors (Lipinski definition) is 3. The molecule has 1 amide bonds. The summed E-state index contributed by atoms with van der Waals surface area (Å²) in [4.78, 5) is 12.1. The highest BCUT2D eigenvalue weighted by Gasteiger charge is 2.19. The van der Waals surface area contributed by atoms with Gasteiger partial charge in [0.1, 0.15) is 5.75 Å². The molecule has 4 heteroatoms. The molecule has 1 aromatic rings. The Bertz CT molecular complexity index is 386. The Balaban J connectivity index is 2.99. The first kappa shape index (κ1) is 15.5. The molecule has 0 aromatic heterocycles. The van der Waals surface area contributed by atoms with Gasteiger partial charge in [-0.15, -0.1) is 0 Å². The van der Waals surface area contributed by atoms with Crippen LogP contribution in [0.3, 0.4) is 0 Å². The molecule has 106 valence electrons. The minimum Gasteiger partial charge on any atom is -0.494 e. The van der Waals surface area contributed by atoms with Crippen molar-refractivity contribution in [2.75, 3.05) is 24.7 Å². The number of benzene rings is 1. The third-order valence-corrected chi connectivity index (χ3v) is 2.94. The lowest BCUT2D eigenvalue weighted by Crippen LogP contribution is -2.46. The van der Waals surface area contributed by atoms with Gasteiger partial charge in [-0.2, -0.15) is 0 Å². The molecule has 0 saturated heterocycles. The van der Waals surface area contributed by atoms with E-state index in [0.29, 0.717) is 13.0 Å². The largest absolute Gasteiger partial charge is 0.494 e. The van der Waals surface area contributed by atoms with Crippen LogP contribution in [-0.2, 0) is 4.79 Å². The quantitative estimate of drug-likeness (QED) is 0.709. The van der Waals surface area contributed by atoms with Gasteiger partial charge in [-0.25, -0.2) is 10.0 Å². The number of nitrogens with zero attached hydrogens (tertiary/aromatic N) is 2. The third-order valence-electron chi connectivity index (χ3n) is 2.94. The zero-order valence-corrected chi connectivity index (χ0v) is 12.3. The summed E-state index contributed by atoms with van der Waals surface area (Å²) in [5.41, 5.74) is 0.888. The fourth-order valence-electron chi connectivity index (χ4n) is 1.97. The highest BCUT2D eigenvalue weighted by Crippen LogP contribution is 2.21. The van der Waals surface area contributed by atoms with Gasteiger partial charge in [-0.05, 0) is 31.2 Å². The van der Waals surface area contributed by atoms with Gasteiger partial charge >= 0.3 is 0 Å². The lowest BCUT2D eigenvalue weighted by Gasteiger charge is -2.33. The molecule has 0 heterocycles. The number of amides is 1. The summed E-state index contributed by atoms with van der Waals surface area (Å²) in [6.45, 7) is 10.2. The summed E-state index contributed by atoms with van der Waals surface area (Å²) in [6.07, 6.45) is 0.490. The highest BCUT2D eigenvalue weighted by atomic mass is 16.5. The Morgan fingerprint density at radius 1 is 1.05 bits per heavy atom. The first-order valence-electron chi connectivity index (χ1n) is 6.98. The van der Waals surface area contributed by atoms with E-state index in [1.54, 1.807) is 5.01 Å². The molecule has 19 heavy (non-hydrogen) atoms. The molecule has 4 nitrogen and oxygen atoms in total. The molecule has 1 rings (SSSR count). The monoisotopic (exact) mass is 264 g/mol. The van der Waals surface area contributed by atoms with Gasteiger partial charge in [0.05, 0.1) is 12.3 Å². The third kappa shape index (κ3) is 3.96. The predicted molar refractivity (Wildman–Crippen MR) is 78.3 cm³/mol. The maximum atomic E-state index is 12.1. The SMILES string of the molecule is CCOc1ccc(N(C(=O)CC)N(CC)CC)cc1. The van der Waals surface area contributed by atoms with Crippen LogP contribution in [0, 0.1) is 0 Å². The molecule has 0 spiro atoms. The molecule has 0 unspecified atom stereocenters. The maximum absolute atomic E-state index is 12.1. The van der Waals surface area contributed by atoms with E-state index in [-0.39, 0.29) is 5.91 Å². The van der Waals surface area contributed by atoms with Crippen LogP contribution in [0.4, 0.5) is 5.69 Å². The molecule has 0 saturated carbocycles. The van der Waals surface area contributed by atoms with Gasteiger partial charge in [0, 0.05) is 19.5 Å². The van der Waals surface area contributed by atoms with E-state index >= 15 is 0 Å². The van der Waals surface area contributed by atoms with Crippen molar-refractivity contribution in [1.82, 2.24) is 5.01 Å². The average molecular weight is 264 g/mol. The second-order valence-electron chi connectivity index (χ2n) is 4.12. The van der Waals surface area contributed by atoms with Gasteiger partial charge in [0.15, 0.2) is 0 Å². The average Bonchev–Trinajstić information content (AvgIpc) is 2.45. The molecular formula is C15H24N2O2. The highest BCUT2D eigenvalue weighted by molar-refractivity contribution is 5.92. The molecule has 0 aliphatic carbocycles. The topological polar surface area (TPSA) is 32.8 Å². The van der Waals surface area contributed by atoms with Gasteiger partial charge in [0.25, 0.3) is 0 Å². The Morgan fingerprint density at radius 3 is 2.05 bits per heavy atom. The number of hydrazine groups is 1. The van der Waals surface area contributed by atoms with Crippen molar-refractivity contribution in [3.63, 3.8) is 0 Å². The summed E-state index contributed by atoms with van der Waals surface area (Å²) in [7, 11) is 0. The Hall–Kier alpha value is -1.55. The summed E-state index contributed by atoms with van der Waals surface area (Å²) in [6, 6.07) is 7.66. The zero-order chi connectivity index (χ0) is 14.3. The van der Waals surface area contributed by atoms with E-state index in [2.05, 4.69) is 0 Å². The van der Waals surface area contributed by atoms with Crippen LogP contribution in [-0.4, -0.2) is 30.6 Å². The van der Waals surface area contributed by atoms with Crippen LogP contribution in [0.2, 0.25) is 0 Å². The number of hydrogen-bond donors (Lipinski definition) is 0. The molecule has 0 fully saturated rings. The fraction of sp³-hybridized carbons (Fsp3) is 0.533. The molecule has 0 aliphatic heterocycles. The van der Waals surface area contributed by atoms with Crippen molar-refractivity contribution >= 4 is 11.6 Å². The van der Waals surface area contributed by atoms with Crippen LogP contribution in [0.25, 0.3) is 0 Å². The standard InChI is InChI=1S/C15H24N2O2/c1-5-15(18)17(16(6-2)7-3)13-9-11-14(12-10-13)19-8-4/h9-12H,5-8H2,1-4H3. The van der Waals surface area contributed by atoms with E-state index < -0.39 is 0 Å². The minimum atomic E-state index is 0.104. The lowest BCUT2D eigenvalue weighted by molar-refractivity contribution is -0.121. The Kier molecular flexibility index (Phi) is 6.36.